The first kappa shape index (κ1) is 12.0. The van der Waals surface area contributed by atoms with Crippen LogP contribution in [0.25, 0.3) is 0 Å². The van der Waals surface area contributed by atoms with Crippen molar-refractivity contribution in [3.05, 3.63) is 28.8 Å². The molecule has 1 fully saturated rings. The highest BCUT2D eigenvalue weighted by molar-refractivity contribution is 6.35. The van der Waals surface area contributed by atoms with E-state index in [0.29, 0.717) is 24.8 Å². The number of ether oxygens (including phenoxy) is 2. The van der Waals surface area contributed by atoms with Gasteiger partial charge in [-0.3, -0.25) is 4.79 Å². The van der Waals surface area contributed by atoms with Crippen LogP contribution in [0.4, 0.5) is 5.69 Å². The summed E-state index contributed by atoms with van der Waals surface area (Å²) >= 11 is 6.22. The van der Waals surface area contributed by atoms with Crippen LogP contribution in [0.15, 0.2) is 18.2 Å². The minimum atomic E-state index is -1.25. The van der Waals surface area contributed by atoms with E-state index in [0.717, 1.165) is 17.7 Å². The van der Waals surface area contributed by atoms with E-state index in [1.54, 1.807) is 11.0 Å². The van der Waals surface area contributed by atoms with Gasteiger partial charge >= 0.3 is 0 Å². The van der Waals surface area contributed by atoms with E-state index in [9.17, 15) is 4.79 Å². The van der Waals surface area contributed by atoms with Gasteiger partial charge in [0.25, 0.3) is 11.7 Å². The molecule has 1 saturated heterocycles. The van der Waals surface area contributed by atoms with Crippen LogP contribution in [0.5, 0.6) is 0 Å². The smallest absolute Gasteiger partial charge is 0.292 e. The topological polar surface area (TPSA) is 38.8 Å². The Kier molecular flexibility index (Phi) is 2.81. The van der Waals surface area contributed by atoms with Gasteiger partial charge in [-0.05, 0) is 12.5 Å². The summed E-state index contributed by atoms with van der Waals surface area (Å²) in [6, 6.07) is 5.45. The summed E-state index contributed by atoms with van der Waals surface area (Å²) in [6.45, 7) is 3.49. The minimum absolute atomic E-state index is 0.162. The number of carbonyl (C=O) groups excluding carboxylic acids is 1. The largest absolute Gasteiger partial charge is 0.336 e. The van der Waals surface area contributed by atoms with Gasteiger partial charge in [0.05, 0.1) is 23.9 Å². The molecule has 0 atom stereocenters. The third-order valence-corrected chi connectivity index (χ3v) is 3.58. The molecule has 0 N–H and O–H groups in total. The molecule has 0 aliphatic carbocycles. The van der Waals surface area contributed by atoms with E-state index in [1.807, 2.05) is 19.1 Å². The number of nitrogens with zero attached hydrogens (tertiary/aromatic N) is 1. The lowest BCUT2D eigenvalue weighted by molar-refractivity contribution is -0.180. The zero-order valence-electron chi connectivity index (χ0n) is 10.1. The van der Waals surface area contributed by atoms with Gasteiger partial charge in [0.1, 0.15) is 0 Å². The third kappa shape index (κ3) is 1.43. The number of fused-ring (bicyclic) bond motifs is 2. The second-order valence-corrected chi connectivity index (χ2v) is 4.81. The Hall–Kier alpha value is -1.10. The molecule has 0 saturated carbocycles. The molecule has 1 aromatic rings. The molecule has 0 bridgehead atoms. The van der Waals surface area contributed by atoms with Crippen molar-refractivity contribution in [1.82, 2.24) is 0 Å². The number of hydrogen-bond acceptors (Lipinski definition) is 3. The van der Waals surface area contributed by atoms with Crippen LogP contribution >= 0.6 is 11.6 Å². The number of amides is 1. The van der Waals surface area contributed by atoms with Crippen LogP contribution in [0.1, 0.15) is 18.9 Å². The van der Waals surface area contributed by atoms with Crippen molar-refractivity contribution in [3.8, 4) is 0 Å². The Morgan fingerprint density at radius 1 is 1.39 bits per heavy atom. The van der Waals surface area contributed by atoms with Gasteiger partial charge in [-0.15, -0.1) is 0 Å². The normalized spacial score (nSPS) is 20.8. The highest BCUT2D eigenvalue weighted by Gasteiger charge is 2.56. The maximum atomic E-state index is 12.5. The molecule has 2 aliphatic rings. The van der Waals surface area contributed by atoms with Gasteiger partial charge in [0, 0.05) is 12.1 Å². The molecule has 1 amide bonds. The predicted molar refractivity (Wildman–Crippen MR) is 67.7 cm³/mol. The zero-order valence-corrected chi connectivity index (χ0v) is 10.9. The molecule has 1 spiro atoms. The lowest BCUT2D eigenvalue weighted by atomic mass is 10.1. The molecule has 96 valence electrons. The van der Waals surface area contributed by atoms with E-state index in [1.165, 1.54) is 0 Å². The molecule has 2 heterocycles. The molecule has 18 heavy (non-hydrogen) atoms. The van der Waals surface area contributed by atoms with Crippen LogP contribution in [0.3, 0.4) is 0 Å². The Morgan fingerprint density at radius 2 is 2.11 bits per heavy atom. The fourth-order valence-corrected chi connectivity index (χ4v) is 2.85. The first-order chi connectivity index (χ1) is 8.70. The van der Waals surface area contributed by atoms with Crippen LogP contribution in [0.2, 0.25) is 5.02 Å². The lowest BCUT2D eigenvalue weighted by Gasteiger charge is -2.21. The van der Waals surface area contributed by atoms with E-state index in [2.05, 4.69) is 0 Å². The van der Waals surface area contributed by atoms with Crippen LogP contribution < -0.4 is 4.90 Å². The molecular formula is C13H14ClNO3. The number of anilines is 1. The predicted octanol–water partition coefficient (Wildman–Crippen LogP) is 2.30. The summed E-state index contributed by atoms with van der Waals surface area (Å²) in [5.74, 6) is -1.42. The summed E-state index contributed by atoms with van der Waals surface area (Å²) in [7, 11) is 0. The average molecular weight is 268 g/mol. The Bertz CT molecular complexity index is 497. The van der Waals surface area contributed by atoms with Crippen molar-refractivity contribution in [2.75, 3.05) is 24.7 Å². The van der Waals surface area contributed by atoms with E-state index in [4.69, 9.17) is 21.1 Å². The highest BCUT2D eigenvalue weighted by atomic mass is 35.5. The molecule has 0 unspecified atom stereocenters. The Labute approximate surface area is 110 Å². The second-order valence-electron chi connectivity index (χ2n) is 4.41. The number of benzene rings is 1. The van der Waals surface area contributed by atoms with Crippen LogP contribution in [-0.2, 0) is 20.1 Å². The van der Waals surface area contributed by atoms with Crippen molar-refractivity contribution in [2.45, 2.75) is 19.1 Å². The summed E-state index contributed by atoms with van der Waals surface area (Å²) in [5, 5.41) is 0.560. The number of carbonyl (C=O) groups is 1. The molecule has 2 aliphatic heterocycles. The molecule has 4 nitrogen and oxygen atoms in total. The molecule has 3 rings (SSSR count). The van der Waals surface area contributed by atoms with E-state index >= 15 is 0 Å². The van der Waals surface area contributed by atoms with Crippen LogP contribution in [-0.4, -0.2) is 25.7 Å². The summed E-state index contributed by atoms with van der Waals surface area (Å²) in [4.78, 5) is 14.2. The maximum absolute atomic E-state index is 12.5. The van der Waals surface area contributed by atoms with Gasteiger partial charge in [0.15, 0.2) is 0 Å². The summed E-state index contributed by atoms with van der Waals surface area (Å²) < 4.78 is 11.2. The molecule has 1 aromatic carbocycles. The molecule has 5 heteroatoms. The highest BCUT2D eigenvalue weighted by Crippen LogP contribution is 2.48. The quantitative estimate of drug-likeness (QED) is 0.825. The van der Waals surface area contributed by atoms with Crippen molar-refractivity contribution < 1.29 is 14.3 Å². The standard InChI is InChI=1S/C13H14ClNO3/c1-2-6-15-11-9(4-3-5-10(11)14)13(12(15)16)17-7-8-18-13/h3-5H,2,6-8H2,1H3. The second kappa shape index (κ2) is 4.23. The van der Waals surface area contributed by atoms with Gasteiger partial charge in [-0.1, -0.05) is 30.7 Å². The van der Waals surface area contributed by atoms with Crippen molar-refractivity contribution in [1.29, 1.82) is 0 Å². The summed E-state index contributed by atoms with van der Waals surface area (Å²) in [6.07, 6.45) is 0.854. The maximum Gasteiger partial charge on any atom is 0.292 e. The molecule has 0 aromatic heterocycles. The average Bonchev–Trinajstić information content (AvgIpc) is 2.93. The van der Waals surface area contributed by atoms with E-state index < -0.39 is 5.79 Å². The Morgan fingerprint density at radius 3 is 2.78 bits per heavy atom. The monoisotopic (exact) mass is 267 g/mol. The SMILES string of the molecule is CCCN1C(=O)C2(OCCO2)c2cccc(Cl)c21. The van der Waals surface area contributed by atoms with Crippen molar-refractivity contribution >= 4 is 23.2 Å². The molecular weight excluding hydrogens is 254 g/mol. The lowest BCUT2D eigenvalue weighted by Crippen LogP contribution is -2.41. The first-order valence-corrected chi connectivity index (χ1v) is 6.47. The molecule has 0 radical (unpaired) electrons. The first-order valence-electron chi connectivity index (χ1n) is 6.09. The van der Waals surface area contributed by atoms with Gasteiger partial charge in [-0.25, -0.2) is 0 Å². The Balaban J connectivity index is 2.17. The number of rotatable bonds is 2. The fourth-order valence-electron chi connectivity index (χ4n) is 2.58. The van der Waals surface area contributed by atoms with Gasteiger partial charge in [0.2, 0.25) is 0 Å². The fraction of sp³-hybridized carbons (Fsp3) is 0.462. The van der Waals surface area contributed by atoms with Crippen molar-refractivity contribution in [2.24, 2.45) is 0 Å². The number of para-hydroxylation sites is 1. The number of hydrogen-bond donors (Lipinski definition) is 0. The van der Waals surface area contributed by atoms with Crippen molar-refractivity contribution in [3.63, 3.8) is 0 Å². The minimum Gasteiger partial charge on any atom is -0.336 e. The third-order valence-electron chi connectivity index (χ3n) is 3.28. The summed E-state index contributed by atoms with van der Waals surface area (Å²) in [5.41, 5.74) is 1.46. The zero-order chi connectivity index (χ0) is 12.8. The van der Waals surface area contributed by atoms with Gasteiger partial charge < -0.3 is 14.4 Å². The van der Waals surface area contributed by atoms with E-state index in [-0.39, 0.29) is 5.91 Å². The number of halogens is 1. The van der Waals surface area contributed by atoms with Crippen LogP contribution in [0, 0.1) is 0 Å². The van der Waals surface area contributed by atoms with Gasteiger partial charge in [-0.2, -0.15) is 0 Å².